The van der Waals surface area contributed by atoms with E-state index in [-0.39, 0.29) is 0 Å². The number of aryl methyl sites for hydroxylation is 1. The Bertz CT molecular complexity index is 344. The highest BCUT2D eigenvalue weighted by Gasteiger charge is 2.11. The summed E-state index contributed by atoms with van der Waals surface area (Å²) in [5, 5.41) is 3.52. The van der Waals surface area contributed by atoms with Gasteiger partial charge in [0.2, 0.25) is 0 Å². The summed E-state index contributed by atoms with van der Waals surface area (Å²) >= 11 is 0. The van der Waals surface area contributed by atoms with Crippen molar-refractivity contribution < 1.29 is 0 Å². The first-order valence-corrected chi connectivity index (χ1v) is 5.94. The average Bonchev–Trinajstić information content (AvgIpc) is 2.23. The van der Waals surface area contributed by atoms with E-state index in [0.29, 0.717) is 6.04 Å². The average molecular weight is 218 g/mol. The number of hydrogen-bond donors (Lipinski definition) is 1. The second-order valence-electron chi connectivity index (χ2n) is 4.37. The third-order valence-electron chi connectivity index (χ3n) is 2.46. The third-order valence-corrected chi connectivity index (χ3v) is 2.46. The number of nitrogens with one attached hydrogen (secondary N) is 1. The fourth-order valence-electron chi connectivity index (χ4n) is 1.71. The molecule has 0 radical (unpaired) electrons. The van der Waals surface area contributed by atoms with E-state index in [2.05, 4.69) is 42.9 Å². The van der Waals surface area contributed by atoms with Gasteiger partial charge in [-0.3, -0.25) is 4.98 Å². The second-order valence-corrected chi connectivity index (χ2v) is 4.37. The maximum absolute atomic E-state index is 4.58. The van der Waals surface area contributed by atoms with Gasteiger partial charge in [0.05, 0.1) is 11.7 Å². The van der Waals surface area contributed by atoms with E-state index in [1.54, 1.807) is 0 Å². The smallest absolute Gasteiger partial charge is 0.0579 e. The first-order valence-electron chi connectivity index (χ1n) is 5.94. The summed E-state index contributed by atoms with van der Waals surface area (Å²) in [6.45, 7) is 11.3. The molecule has 0 aliphatic carbocycles. The fraction of sp³-hybridized carbons (Fsp3) is 0.500. The summed E-state index contributed by atoms with van der Waals surface area (Å²) < 4.78 is 0. The standard InChI is InChI=1S/C14H22N2/c1-5-9-15-14(10-11(2)3)13-8-6-7-12(4)16-13/h6-8,14-15H,2,5,9-10H2,1,3-4H3. The molecule has 2 heteroatoms. The Labute approximate surface area is 98.8 Å². The van der Waals surface area contributed by atoms with Gasteiger partial charge in [-0.1, -0.05) is 18.6 Å². The lowest BCUT2D eigenvalue weighted by Crippen LogP contribution is -2.23. The largest absolute Gasteiger partial charge is 0.308 e. The molecule has 88 valence electrons. The molecule has 0 aliphatic rings. The molecule has 0 bridgehead atoms. The van der Waals surface area contributed by atoms with Crippen molar-refractivity contribution in [2.75, 3.05) is 6.54 Å². The molecule has 0 fully saturated rings. The maximum Gasteiger partial charge on any atom is 0.0579 e. The van der Waals surface area contributed by atoms with Crippen molar-refractivity contribution in [1.82, 2.24) is 10.3 Å². The number of nitrogens with zero attached hydrogens (tertiary/aromatic N) is 1. The van der Waals surface area contributed by atoms with E-state index in [9.17, 15) is 0 Å². The molecule has 0 aromatic carbocycles. The molecule has 1 heterocycles. The highest BCUT2D eigenvalue weighted by Crippen LogP contribution is 2.18. The quantitative estimate of drug-likeness (QED) is 0.740. The van der Waals surface area contributed by atoms with Crippen LogP contribution in [0.1, 0.15) is 44.1 Å². The van der Waals surface area contributed by atoms with Crippen molar-refractivity contribution in [3.8, 4) is 0 Å². The van der Waals surface area contributed by atoms with Crippen LogP contribution in [0.4, 0.5) is 0 Å². The van der Waals surface area contributed by atoms with Crippen LogP contribution in [0, 0.1) is 6.92 Å². The minimum absolute atomic E-state index is 0.303. The molecule has 0 amide bonds. The zero-order chi connectivity index (χ0) is 12.0. The zero-order valence-corrected chi connectivity index (χ0v) is 10.6. The third kappa shape index (κ3) is 4.15. The summed E-state index contributed by atoms with van der Waals surface area (Å²) in [5.41, 5.74) is 3.39. The van der Waals surface area contributed by atoms with E-state index in [4.69, 9.17) is 0 Å². The molecule has 1 aromatic heterocycles. The monoisotopic (exact) mass is 218 g/mol. The molecule has 0 saturated heterocycles. The zero-order valence-electron chi connectivity index (χ0n) is 10.6. The van der Waals surface area contributed by atoms with Crippen LogP contribution < -0.4 is 5.32 Å². The molecule has 0 spiro atoms. The summed E-state index contributed by atoms with van der Waals surface area (Å²) in [5.74, 6) is 0. The first kappa shape index (κ1) is 12.9. The van der Waals surface area contributed by atoms with Crippen molar-refractivity contribution in [1.29, 1.82) is 0 Å². The van der Waals surface area contributed by atoms with E-state index in [1.165, 1.54) is 5.57 Å². The summed E-state index contributed by atoms with van der Waals surface area (Å²) in [7, 11) is 0. The summed E-state index contributed by atoms with van der Waals surface area (Å²) in [6, 6.07) is 6.48. The molecule has 0 aliphatic heterocycles. The van der Waals surface area contributed by atoms with Gasteiger partial charge in [0.15, 0.2) is 0 Å². The van der Waals surface area contributed by atoms with Crippen LogP contribution in [0.3, 0.4) is 0 Å². The maximum atomic E-state index is 4.58. The Kier molecular flexibility index (Phi) is 5.20. The van der Waals surface area contributed by atoms with Crippen LogP contribution in [-0.2, 0) is 0 Å². The topological polar surface area (TPSA) is 24.9 Å². The van der Waals surface area contributed by atoms with Crippen LogP contribution in [0.15, 0.2) is 30.4 Å². The van der Waals surface area contributed by atoms with Crippen molar-refractivity contribution in [3.05, 3.63) is 41.7 Å². The Balaban J connectivity index is 2.78. The lowest BCUT2D eigenvalue weighted by molar-refractivity contribution is 0.516. The lowest BCUT2D eigenvalue weighted by atomic mass is 10.0. The normalized spacial score (nSPS) is 12.4. The first-order chi connectivity index (χ1) is 7.63. The molecule has 1 aromatic rings. The molecule has 1 atom stereocenters. The molecule has 2 nitrogen and oxygen atoms in total. The molecular formula is C14H22N2. The molecule has 1 N–H and O–H groups in total. The Morgan fingerprint density at radius 2 is 2.25 bits per heavy atom. The van der Waals surface area contributed by atoms with E-state index >= 15 is 0 Å². The summed E-state index contributed by atoms with van der Waals surface area (Å²) in [4.78, 5) is 4.58. The van der Waals surface area contributed by atoms with Gasteiger partial charge in [0, 0.05) is 5.69 Å². The van der Waals surface area contributed by atoms with Gasteiger partial charge in [0.25, 0.3) is 0 Å². The highest BCUT2D eigenvalue weighted by molar-refractivity contribution is 5.15. The fourth-order valence-corrected chi connectivity index (χ4v) is 1.71. The van der Waals surface area contributed by atoms with Gasteiger partial charge < -0.3 is 5.32 Å². The van der Waals surface area contributed by atoms with Gasteiger partial charge in [0.1, 0.15) is 0 Å². The van der Waals surface area contributed by atoms with Crippen LogP contribution in [0.2, 0.25) is 0 Å². The Morgan fingerprint density at radius 1 is 1.50 bits per heavy atom. The molecular weight excluding hydrogens is 196 g/mol. The van der Waals surface area contributed by atoms with E-state index in [1.807, 2.05) is 13.0 Å². The van der Waals surface area contributed by atoms with Gasteiger partial charge in [-0.2, -0.15) is 0 Å². The molecule has 0 saturated carbocycles. The molecule has 16 heavy (non-hydrogen) atoms. The Hall–Kier alpha value is -1.15. The Morgan fingerprint density at radius 3 is 2.81 bits per heavy atom. The predicted octanol–water partition coefficient (Wildman–Crippen LogP) is 3.40. The number of pyridine rings is 1. The van der Waals surface area contributed by atoms with E-state index in [0.717, 1.165) is 30.8 Å². The van der Waals surface area contributed by atoms with Gasteiger partial charge >= 0.3 is 0 Å². The summed E-state index contributed by atoms with van der Waals surface area (Å²) in [6.07, 6.45) is 2.09. The van der Waals surface area contributed by atoms with E-state index < -0.39 is 0 Å². The van der Waals surface area contributed by atoms with Gasteiger partial charge in [-0.15, -0.1) is 6.58 Å². The van der Waals surface area contributed by atoms with Crippen LogP contribution in [0.5, 0.6) is 0 Å². The minimum Gasteiger partial charge on any atom is -0.308 e. The number of hydrogen-bond acceptors (Lipinski definition) is 2. The van der Waals surface area contributed by atoms with Crippen LogP contribution >= 0.6 is 0 Å². The predicted molar refractivity (Wildman–Crippen MR) is 69.4 cm³/mol. The van der Waals surface area contributed by atoms with Gasteiger partial charge in [-0.05, 0) is 45.4 Å². The van der Waals surface area contributed by atoms with Crippen molar-refractivity contribution >= 4 is 0 Å². The highest BCUT2D eigenvalue weighted by atomic mass is 14.9. The second kappa shape index (κ2) is 6.44. The number of rotatable bonds is 6. The number of aromatic nitrogens is 1. The van der Waals surface area contributed by atoms with Crippen LogP contribution in [0.25, 0.3) is 0 Å². The lowest BCUT2D eigenvalue weighted by Gasteiger charge is -2.18. The van der Waals surface area contributed by atoms with Crippen molar-refractivity contribution in [2.45, 2.75) is 39.7 Å². The van der Waals surface area contributed by atoms with Crippen molar-refractivity contribution in [2.24, 2.45) is 0 Å². The van der Waals surface area contributed by atoms with Gasteiger partial charge in [-0.25, -0.2) is 0 Å². The molecule has 1 rings (SSSR count). The van der Waals surface area contributed by atoms with Crippen LogP contribution in [-0.4, -0.2) is 11.5 Å². The van der Waals surface area contributed by atoms with Crippen molar-refractivity contribution in [3.63, 3.8) is 0 Å². The SMILES string of the molecule is C=C(C)CC(NCCC)c1cccc(C)n1. The molecule has 1 unspecified atom stereocenters. The minimum atomic E-state index is 0.303.